The third-order valence-electron chi connectivity index (χ3n) is 3.82. The van der Waals surface area contributed by atoms with Crippen LogP contribution in [0.5, 0.6) is 0 Å². The number of carbonyl (C=O) groups is 1. The van der Waals surface area contributed by atoms with Gasteiger partial charge in [0.05, 0.1) is 0 Å². The van der Waals surface area contributed by atoms with Gasteiger partial charge in [-0.3, -0.25) is 10.1 Å². The van der Waals surface area contributed by atoms with Crippen molar-refractivity contribution in [1.82, 2.24) is 5.32 Å². The van der Waals surface area contributed by atoms with E-state index >= 15 is 0 Å². The number of hydrogen-bond acceptors (Lipinski definition) is 2. The van der Waals surface area contributed by atoms with Crippen LogP contribution in [0.1, 0.15) is 37.3 Å². The second-order valence-electron chi connectivity index (χ2n) is 5.58. The Kier molecular flexibility index (Phi) is 6.70. The molecule has 2 aromatic carbocycles. The Morgan fingerprint density at radius 1 is 1.12 bits per heavy atom. The van der Waals surface area contributed by atoms with E-state index in [1.54, 1.807) is 6.08 Å². The van der Waals surface area contributed by atoms with Crippen molar-refractivity contribution in [2.24, 2.45) is 0 Å². The molecule has 2 rings (SSSR count). The summed E-state index contributed by atoms with van der Waals surface area (Å²) in [7, 11) is 0. The van der Waals surface area contributed by atoms with Crippen molar-refractivity contribution in [2.75, 3.05) is 5.32 Å². The number of nitrogens with one attached hydrogen (secondary N) is 2. The Hall–Kier alpha value is -2.46. The zero-order chi connectivity index (χ0) is 17.4. The summed E-state index contributed by atoms with van der Waals surface area (Å²) in [5.41, 5.74) is 3.09. The van der Waals surface area contributed by atoms with Gasteiger partial charge in [-0.1, -0.05) is 62.4 Å². The molecule has 124 valence electrons. The predicted molar refractivity (Wildman–Crippen MR) is 105 cm³/mol. The van der Waals surface area contributed by atoms with Gasteiger partial charge in [-0.05, 0) is 47.8 Å². The number of carbonyl (C=O) groups excluding carboxylic acids is 1. The zero-order valence-electron chi connectivity index (χ0n) is 14.0. The summed E-state index contributed by atoms with van der Waals surface area (Å²) in [5.74, 6) is 0.169. The Morgan fingerprint density at radius 2 is 1.79 bits per heavy atom. The molecule has 0 heterocycles. The summed E-state index contributed by atoms with van der Waals surface area (Å²) in [6.07, 6.45) is 4.27. The lowest BCUT2D eigenvalue weighted by atomic mass is 9.97. The first kappa shape index (κ1) is 17.9. The molecule has 0 fully saturated rings. The molecule has 0 unspecified atom stereocenters. The van der Waals surface area contributed by atoms with Crippen molar-refractivity contribution >= 4 is 35.0 Å². The van der Waals surface area contributed by atoms with Crippen LogP contribution in [-0.4, -0.2) is 11.0 Å². The fraction of sp³-hybridized carbons (Fsp3) is 0.200. The van der Waals surface area contributed by atoms with Crippen molar-refractivity contribution in [3.63, 3.8) is 0 Å². The fourth-order valence-electron chi connectivity index (χ4n) is 2.30. The molecule has 2 aromatic rings. The van der Waals surface area contributed by atoms with Gasteiger partial charge >= 0.3 is 0 Å². The zero-order valence-corrected chi connectivity index (χ0v) is 14.8. The van der Waals surface area contributed by atoms with Gasteiger partial charge in [0.25, 0.3) is 0 Å². The average Bonchev–Trinajstić information content (AvgIpc) is 2.60. The van der Waals surface area contributed by atoms with E-state index in [4.69, 9.17) is 12.2 Å². The number of amides is 1. The van der Waals surface area contributed by atoms with Crippen LogP contribution >= 0.6 is 12.2 Å². The molecular weight excluding hydrogens is 316 g/mol. The fourth-order valence-corrected chi connectivity index (χ4v) is 2.51. The largest absolute Gasteiger partial charge is 0.332 e. The second kappa shape index (κ2) is 8.99. The van der Waals surface area contributed by atoms with Crippen LogP contribution in [0.25, 0.3) is 6.08 Å². The van der Waals surface area contributed by atoms with Crippen LogP contribution in [0, 0.1) is 0 Å². The first-order valence-corrected chi connectivity index (χ1v) is 8.45. The lowest BCUT2D eigenvalue weighted by molar-refractivity contribution is -0.115. The molecule has 0 saturated carbocycles. The minimum Gasteiger partial charge on any atom is -0.332 e. The summed E-state index contributed by atoms with van der Waals surface area (Å²) in [6, 6.07) is 17.7. The number of anilines is 1. The maximum Gasteiger partial charge on any atom is 0.250 e. The van der Waals surface area contributed by atoms with E-state index in [2.05, 4.69) is 30.5 Å². The molecule has 4 heteroatoms. The Morgan fingerprint density at radius 3 is 2.50 bits per heavy atom. The van der Waals surface area contributed by atoms with E-state index in [9.17, 15) is 4.79 Å². The number of benzene rings is 2. The molecule has 3 nitrogen and oxygen atoms in total. The lowest BCUT2D eigenvalue weighted by Crippen LogP contribution is -2.33. The summed E-state index contributed by atoms with van der Waals surface area (Å²) in [5, 5.41) is 6.10. The SMILES string of the molecule is CC[C@H](C)c1ccccc1NC(=S)NC(=O)/C=C/c1ccccc1. The van der Waals surface area contributed by atoms with Crippen LogP contribution in [0.15, 0.2) is 60.7 Å². The third kappa shape index (κ3) is 5.32. The van der Waals surface area contributed by atoms with Gasteiger partial charge in [0.1, 0.15) is 0 Å². The molecule has 0 spiro atoms. The number of para-hydroxylation sites is 1. The molecule has 0 bridgehead atoms. The molecule has 0 aliphatic rings. The van der Waals surface area contributed by atoms with Crippen LogP contribution in [-0.2, 0) is 4.79 Å². The first-order valence-electron chi connectivity index (χ1n) is 8.04. The average molecular weight is 338 g/mol. The highest BCUT2D eigenvalue weighted by atomic mass is 32.1. The Bertz CT molecular complexity index is 725. The smallest absolute Gasteiger partial charge is 0.250 e. The lowest BCUT2D eigenvalue weighted by Gasteiger charge is -2.16. The van der Waals surface area contributed by atoms with E-state index in [0.29, 0.717) is 11.0 Å². The highest BCUT2D eigenvalue weighted by Crippen LogP contribution is 2.26. The standard InChI is InChI=1S/C20H22N2OS/c1-3-15(2)17-11-7-8-12-18(17)21-20(24)22-19(23)14-13-16-9-5-4-6-10-16/h4-15H,3H2,1-2H3,(H2,21,22,23,24)/b14-13+/t15-/m0/s1. The molecule has 0 aliphatic carbocycles. The maximum atomic E-state index is 12.0. The highest BCUT2D eigenvalue weighted by molar-refractivity contribution is 7.80. The summed E-state index contributed by atoms with van der Waals surface area (Å²) >= 11 is 5.25. The van der Waals surface area contributed by atoms with E-state index in [0.717, 1.165) is 17.7 Å². The quantitative estimate of drug-likeness (QED) is 0.612. The summed E-state index contributed by atoms with van der Waals surface area (Å²) in [6.45, 7) is 4.32. The van der Waals surface area contributed by atoms with E-state index in [1.165, 1.54) is 11.6 Å². The molecule has 0 aliphatic heterocycles. The number of thiocarbonyl (C=S) groups is 1. The van der Waals surface area contributed by atoms with Gasteiger partial charge in [-0.2, -0.15) is 0 Å². The third-order valence-corrected chi connectivity index (χ3v) is 4.02. The Balaban J connectivity index is 1.96. The minimum atomic E-state index is -0.252. The second-order valence-corrected chi connectivity index (χ2v) is 5.99. The minimum absolute atomic E-state index is 0.252. The first-order chi connectivity index (χ1) is 11.6. The van der Waals surface area contributed by atoms with Crippen molar-refractivity contribution in [2.45, 2.75) is 26.2 Å². The van der Waals surface area contributed by atoms with Crippen LogP contribution in [0.3, 0.4) is 0 Å². The Labute approximate surface area is 148 Å². The van der Waals surface area contributed by atoms with E-state index in [1.807, 2.05) is 48.5 Å². The van der Waals surface area contributed by atoms with Crippen LogP contribution < -0.4 is 10.6 Å². The van der Waals surface area contributed by atoms with Crippen LogP contribution in [0.2, 0.25) is 0 Å². The van der Waals surface area contributed by atoms with Crippen molar-refractivity contribution in [3.05, 3.63) is 71.8 Å². The molecule has 0 aromatic heterocycles. The van der Waals surface area contributed by atoms with Crippen LogP contribution in [0.4, 0.5) is 5.69 Å². The molecule has 1 amide bonds. The van der Waals surface area contributed by atoms with Gasteiger partial charge in [0.15, 0.2) is 5.11 Å². The maximum absolute atomic E-state index is 12.0. The molecular formula is C20H22N2OS. The molecule has 0 radical (unpaired) electrons. The molecule has 1 atom stereocenters. The van der Waals surface area contributed by atoms with Crippen molar-refractivity contribution in [1.29, 1.82) is 0 Å². The van der Waals surface area contributed by atoms with Gasteiger partial charge in [-0.25, -0.2) is 0 Å². The summed E-state index contributed by atoms with van der Waals surface area (Å²) < 4.78 is 0. The topological polar surface area (TPSA) is 41.1 Å². The van der Waals surface area contributed by atoms with Gasteiger partial charge in [-0.15, -0.1) is 0 Å². The number of hydrogen-bond donors (Lipinski definition) is 2. The molecule has 0 saturated heterocycles. The van der Waals surface area contributed by atoms with Crippen molar-refractivity contribution in [3.8, 4) is 0 Å². The highest BCUT2D eigenvalue weighted by Gasteiger charge is 2.10. The molecule has 24 heavy (non-hydrogen) atoms. The number of rotatable bonds is 5. The van der Waals surface area contributed by atoms with Crippen molar-refractivity contribution < 1.29 is 4.79 Å². The van der Waals surface area contributed by atoms with E-state index < -0.39 is 0 Å². The monoisotopic (exact) mass is 338 g/mol. The molecule has 2 N–H and O–H groups in total. The normalized spacial score (nSPS) is 11.9. The predicted octanol–water partition coefficient (Wildman–Crippen LogP) is 4.73. The van der Waals surface area contributed by atoms with E-state index in [-0.39, 0.29) is 5.91 Å². The van der Waals surface area contributed by atoms with Gasteiger partial charge in [0.2, 0.25) is 5.91 Å². The van der Waals surface area contributed by atoms with Gasteiger partial charge in [0, 0.05) is 11.8 Å². The van der Waals surface area contributed by atoms with Gasteiger partial charge < -0.3 is 5.32 Å². The summed E-state index contributed by atoms with van der Waals surface area (Å²) in [4.78, 5) is 12.0.